The van der Waals surface area contributed by atoms with Gasteiger partial charge in [-0.1, -0.05) is 13.8 Å². The van der Waals surface area contributed by atoms with E-state index in [0.717, 1.165) is 0 Å². The molecule has 2 atom stereocenters. The molecule has 4 nitrogen and oxygen atoms in total. The molecule has 0 heterocycles. The first-order valence-electron chi connectivity index (χ1n) is 5.02. The number of nitrogens with two attached hydrogens (primary N) is 1. The van der Waals surface area contributed by atoms with Crippen molar-refractivity contribution in [1.29, 1.82) is 0 Å². The van der Waals surface area contributed by atoms with Crippen LogP contribution in [0.15, 0.2) is 0 Å². The SMILES string of the molecule is COCC(C)NC(=O)[C@H](N)CC(C)C. The van der Waals surface area contributed by atoms with Gasteiger partial charge in [0.05, 0.1) is 12.6 Å². The summed E-state index contributed by atoms with van der Waals surface area (Å²) < 4.78 is 4.91. The van der Waals surface area contributed by atoms with Crippen LogP contribution in [0.2, 0.25) is 0 Å². The predicted octanol–water partition coefficient (Wildman–Crippen LogP) is 0.511. The summed E-state index contributed by atoms with van der Waals surface area (Å²) in [5.41, 5.74) is 5.71. The predicted molar refractivity (Wildman–Crippen MR) is 56.9 cm³/mol. The van der Waals surface area contributed by atoms with Crippen molar-refractivity contribution in [3.05, 3.63) is 0 Å². The van der Waals surface area contributed by atoms with E-state index in [2.05, 4.69) is 5.32 Å². The second-order valence-electron chi connectivity index (χ2n) is 4.10. The minimum atomic E-state index is -0.408. The largest absolute Gasteiger partial charge is 0.383 e. The Balaban J connectivity index is 3.82. The van der Waals surface area contributed by atoms with Crippen molar-refractivity contribution in [2.24, 2.45) is 11.7 Å². The number of amides is 1. The maximum absolute atomic E-state index is 11.5. The summed E-state index contributed by atoms with van der Waals surface area (Å²) in [5, 5.41) is 2.80. The molecule has 0 aliphatic rings. The zero-order chi connectivity index (χ0) is 11.1. The molecule has 0 saturated heterocycles. The Morgan fingerprint density at radius 2 is 2.00 bits per heavy atom. The minimum absolute atomic E-state index is 0.0192. The van der Waals surface area contributed by atoms with Crippen LogP contribution < -0.4 is 11.1 Å². The Bertz CT molecular complexity index is 172. The number of hydrogen-bond donors (Lipinski definition) is 2. The van der Waals surface area contributed by atoms with Crippen LogP contribution in [0.25, 0.3) is 0 Å². The number of nitrogens with one attached hydrogen (secondary N) is 1. The third-order valence-electron chi connectivity index (χ3n) is 1.87. The monoisotopic (exact) mass is 202 g/mol. The third-order valence-corrected chi connectivity index (χ3v) is 1.87. The summed E-state index contributed by atoms with van der Waals surface area (Å²) in [4.78, 5) is 11.5. The van der Waals surface area contributed by atoms with Gasteiger partial charge in [0, 0.05) is 13.2 Å². The molecule has 14 heavy (non-hydrogen) atoms. The molecule has 0 aliphatic heterocycles. The standard InChI is InChI=1S/C10H22N2O2/c1-7(2)5-9(11)10(13)12-8(3)6-14-4/h7-9H,5-6,11H2,1-4H3,(H,12,13)/t8?,9-/m1/s1. The summed E-state index contributed by atoms with van der Waals surface area (Å²) in [6.45, 7) is 6.50. The van der Waals surface area contributed by atoms with Crippen LogP contribution in [0.5, 0.6) is 0 Å². The van der Waals surface area contributed by atoms with Crippen LogP contribution in [-0.2, 0) is 9.53 Å². The highest BCUT2D eigenvalue weighted by Gasteiger charge is 2.16. The Labute approximate surface area is 86.2 Å². The quantitative estimate of drug-likeness (QED) is 0.659. The van der Waals surface area contributed by atoms with Crippen molar-refractivity contribution in [3.63, 3.8) is 0 Å². The van der Waals surface area contributed by atoms with Crippen LogP contribution >= 0.6 is 0 Å². The zero-order valence-corrected chi connectivity index (χ0v) is 9.54. The Kier molecular flexibility index (Phi) is 6.49. The highest BCUT2D eigenvalue weighted by molar-refractivity contribution is 5.81. The van der Waals surface area contributed by atoms with Crippen LogP contribution in [0.1, 0.15) is 27.2 Å². The number of hydrogen-bond acceptors (Lipinski definition) is 3. The molecular formula is C10H22N2O2. The molecule has 0 fully saturated rings. The van der Waals surface area contributed by atoms with Crippen LogP contribution in [-0.4, -0.2) is 31.7 Å². The molecule has 1 unspecified atom stereocenters. The molecule has 4 heteroatoms. The van der Waals surface area contributed by atoms with Gasteiger partial charge in [-0.25, -0.2) is 0 Å². The van der Waals surface area contributed by atoms with Gasteiger partial charge in [-0.05, 0) is 19.3 Å². The van der Waals surface area contributed by atoms with Gasteiger partial charge in [0.1, 0.15) is 0 Å². The average Bonchev–Trinajstić information content (AvgIpc) is 2.02. The first kappa shape index (κ1) is 13.4. The Morgan fingerprint density at radius 1 is 1.43 bits per heavy atom. The van der Waals surface area contributed by atoms with E-state index < -0.39 is 6.04 Å². The van der Waals surface area contributed by atoms with Gasteiger partial charge in [0.2, 0.25) is 5.91 Å². The van der Waals surface area contributed by atoms with Crippen molar-refractivity contribution in [3.8, 4) is 0 Å². The van der Waals surface area contributed by atoms with Crippen molar-refractivity contribution in [2.75, 3.05) is 13.7 Å². The van der Waals surface area contributed by atoms with Gasteiger partial charge < -0.3 is 15.8 Å². The Morgan fingerprint density at radius 3 is 2.43 bits per heavy atom. The lowest BCUT2D eigenvalue weighted by Crippen LogP contribution is -2.46. The molecule has 3 N–H and O–H groups in total. The molecule has 0 aliphatic carbocycles. The molecule has 0 radical (unpaired) electrons. The van der Waals surface area contributed by atoms with Gasteiger partial charge in [-0.2, -0.15) is 0 Å². The Hall–Kier alpha value is -0.610. The van der Waals surface area contributed by atoms with E-state index in [9.17, 15) is 4.79 Å². The highest BCUT2D eigenvalue weighted by atomic mass is 16.5. The first-order valence-corrected chi connectivity index (χ1v) is 5.02. The summed E-state index contributed by atoms with van der Waals surface area (Å²) in [6, 6.07) is -0.389. The molecule has 0 aromatic heterocycles. The van der Waals surface area contributed by atoms with E-state index in [4.69, 9.17) is 10.5 Å². The van der Waals surface area contributed by atoms with Crippen molar-refractivity contribution in [1.82, 2.24) is 5.32 Å². The fourth-order valence-corrected chi connectivity index (χ4v) is 1.26. The van der Waals surface area contributed by atoms with Gasteiger partial charge >= 0.3 is 0 Å². The van der Waals surface area contributed by atoms with Gasteiger partial charge in [0.25, 0.3) is 0 Å². The number of carbonyl (C=O) groups is 1. The van der Waals surface area contributed by atoms with E-state index in [1.54, 1.807) is 7.11 Å². The van der Waals surface area contributed by atoms with E-state index in [1.165, 1.54) is 0 Å². The van der Waals surface area contributed by atoms with E-state index in [-0.39, 0.29) is 11.9 Å². The number of carbonyl (C=O) groups excluding carboxylic acids is 1. The fourth-order valence-electron chi connectivity index (χ4n) is 1.26. The summed E-state index contributed by atoms with van der Waals surface area (Å²) in [7, 11) is 1.61. The third kappa shape index (κ3) is 5.94. The van der Waals surface area contributed by atoms with Crippen molar-refractivity contribution < 1.29 is 9.53 Å². The van der Waals surface area contributed by atoms with Crippen molar-refractivity contribution >= 4 is 5.91 Å². The molecular weight excluding hydrogens is 180 g/mol. The topological polar surface area (TPSA) is 64.3 Å². The van der Waals surface area contributed by atoms with E-state index in [0.29, 0.717) is 18.9 Å². The van der Waals surface area contributed by atoms with Crippen LogP contribution in [0, 0.1) is 5.92 Å². The molecule has 0 spiro atoms. The molecule has 84 valence electrons. The zero-order valence-electron chi connectivity index (χ0n) is 9.54. The highest BCUT2D eigenvalue weighted by Crippen LogP contribution is 2.02. The molecule has 0 aromatic carbocycles. The minimum Gasteiger partial charge on any atom is -0.383 e. The molecule has 0 saturated carbocycles. The lowest BCUT2D eigenvalue weighted by Gasteiger charge is -2.17. The normalized spacial score (nSPS) is 15.3. The number of ether oxygens (including phenoxy) is 1. The smallest absolute Gasteiger partial charge is 0.237 e. The average molecular weight is 202 g/mol. The fraction of sp³-hybridized carbons (Fsp3) is 0.900. The number of methoxy groups -OCH3 is 1. The second kappa shape index (κ2) is 6.79. The maximum atomic E-state index is 11.5. The summed E-state index contributed by atoms with van der Waals surface area (Å²) in [6.07, 6.45) is 0.714. The summed E-state index contributed by atoms with van der Waals surface area (Å²) >= 11 is 0. The second-order valence-corrected chi connectivity index (χ2v) is 4.10. The first-order chi connectivity index (χ1) is 6.47. The molecule has 0 rings (SSSR count). The molecule has 0 aromatic rings. The summed E-state index contributed by atoms with van der Waals surface area (Å²) in [5.74, 6) is 0.344. The van der Waals surface area contributed by atoms with Gasteiger partial charge in [-0.3, -0.25) is 4.79 Å². The number of rotatable bonds is 6. The van der Waals surface area contributed by atoms with Gasteiger partial charge in [-0.15, -0.1) is 0 Å². The lowest BCUT2D eigenvalue weighted by molar-refractivity contribution is -0.123. The van der Waals surface area contributed by atoms with Gasteiger partial charge in [0.15, 0.2) is 0 Å². The van der Waals surface area contributed by atoms with E-state index >= 15 is 0 Å². The van der Waals surface area contributed by atoms with Crippen LogP contribution in [0.3, 0.4) is 0 Å². The van der Waals surface area contributed by atoms with Crippen LogP contribution in [0.4, 0.5) is 0 Å². The molecule has 0 bridgehead atoms. The van der Waals surface area contributed by atoms with E-state index in [1.807, 2.05) is 20.8 Å². The molecule has 1 amide bonds. The maximum Gasteiger partial charge on any atom is 0.237 e. The lowest BCUT2D eigenvalue weighted by atomic mass is 10.0. The van der Waals surface area contributed by atoms with Crippen molar-refractivity contribution in [2.45, 2.75) is 39.3 Å².